The van der Waals surface area contributed by atoms with Crippen molar-refractivity contribution in [1.82, 2.24) is 9.97 Å². The van der Waals surface area contributed by atoms with Crippen molar-refractivity contribution >= 4 is 11.8 Å². The zero-order valence-electron chi connectivity index (χ0n) is 8.78. The quantitative estimate of drug-likeness (QED) is 0.486. The van der Waals surface area contributed by atoms with Crippen molar-refractivity contribution in [2.45, 2.75) is 6.43 Å². The number of aliphatic hydroxyl groups is 1. The molecule has 96 valence electrons. The lowest BCUT2D eigenvalue weighted by Crippen LogP contribution is -2.33. The molecule has 0 unspecified atom stereocenters. The maximum atomic E-state index is 13.4. The van der Waals surface area contributed by atoms with Gasteiger partial charge in [0.2, 0.25) is 5.95 Å². The van der Waals surface area contributed by atoms with Crippen LogP contribution >= 0.6 is 0 Å². The molecule has 0 aliphatic carbocycles. The second kappa shape index (κ2) is 6.21. The lowest BCUT2D eigenvalue weighted by molar-refractivity contribution is 0.152. The fourth-order valence-corrected chi connectivity index (χ4v) is 1.22. The maximum Gasteiger partial charge on any atom is 0.255 e. The van der Waals surface area contributed by atoms with Crippen molar-refractivity contribution in [3.63, 3.8) is 0 Å². The molecule has 0 fully saturated rings. The second-order valence-electron chi connectivity index (χ2n) is 3.07. The summed E-state index contributed by atoms with van der Waals surface area (Å²) >= 11 is 0. The third kappa shape index (κ3) is 3.71. The Hall–Kier alpha value is -1.61. The van der Waals surface area contributed by atoms with E-state index < -0.39 is 25.4 Å². The van der Waals surface area contributed by atoms with Gasteiger partial charge in [-0.1, -0.05) is 0 Å². The monoisotopic (exact) mass is 251 g/mol. The molecule has 6 nitrogen and oxygen atoms in total. The normalized spacial score (nSPS) is 10.7. The van der Waals surface area contributed by atoms with E-state index in [2.05, 4.69) is 15.4 Å². The number of nitrogens with one attached hydrogen (secondary N) is 1. The van der Waals surface area contributed by atoms with Gasteiger partial charge in [-0.2, -0.15) is 4.98 Å². The zero-order valence-corrected chi connectivity index (χ0v) is 8.78. The molecule has 0 saturated carbocycles. The number of anilines is 2. The van der Waals surface area contributed by atoms with Gasteiger partial charge in [0.1, 0.15) is 0 Å². The Morgan fingerprint density at radius 3 is 2.76 bits per heavy atom. The molecular formula is C8H12F3N5O. The van der Waals surface area contributed by atoms with Crippen LogP contribution in [0.5, 0.6) is 0 Å². The summed E-state index contributed by atoms with van der Waals surface area (Å²) in [5.74, 6) is 3.74. The zero-order chi connectivity index (χ0) is 12.8. The SMILES string of the molecule is NNc1ncc(F)c(N(CCO)CC(F)F)n1. The molecule has 17 heavy (non-hydrogen) atoms. The van der Waals surface area contributed by atoms with Gasteiger partial charge in [0.25, 0.3) is 6.43 Å². The van der Waals surface area contributed by atoms with Crippen LogP contribution in [-0.4, -0.2) is 41.2 Å². The molecule has 0 aromatic carbocycles. The van der Waals surface area contributed by atoms with Gasteiger partial charge in [0, 0.05) is 6.54 Å². The number of aromatic nitrogens is 2. The molecule has 9 heteroatoms. The van der Waals surface area contributed by atoms with Gasteiger partial charge < -0.3 is 10.0 Å². The minimum atomic E-state index is -2.68. The number of hydrazine groups is 1. The number of halogens is 3. The number of nitrogens with zero attached hydrogens (tertiary/aromatic N) is 3. The fourth-order valence-electron chi connectivity index (χ4n) is 1.22. The van der Waals surface area contributed by atoms with E-state index in [1.165, 1.54) is 0 Å². The van der Waals surface area contributed by atoms with Crippen LogP contribution in [0.15, 0.2) is 6.20 Å². The molecule has 0 spiro atoms. The van der Waals surface area contributed by atoms with Gasteiger partial charge in [0.05, 0.1) is 19.3 Å². The Balaban J connectivity index is 2.98. The van der Waals surface area contributed by atoms with Gasteiger partial charge in [-0.05, 0) is 0 Å². The molecule has 1 rings (SSSR count). The van der Waals surface area contributed by atoms with E-state index in [-0.39, 0.29) is 18.3 Å². The lowest BCUT2D eigenvalue weighted by Gasteiger charge is -2.22. The molecule has 0 aliphatic heterocycles. The van der Waals surface area contributed by atoms with Crippen molar-refractivity contribution in [3.05, 3.63) is 12.0 Å². The highest BCUT2D eigenvalue weighted by Gasteiger charge is 2.18. The summed E-state index contributed by atoms with van der Waals surface area (Å²) in [7, 11) is 0. The maximum absolute atomic E-state index is 13.4. The number of nitrogens with two attached hydrogens (primary N) is 1. The summed E-state index contributed by atoms with van der Waals surface area (Å²) in [4.78, 5) is 8.02. The largest absolute Gasteiger partial charge is 0.395 e. The predicted octanol–water partition coefficient (Wildman–Crippen LogP) is -0.0349. The highest BCUT2D eigenvalue weighted by molar-refractivity contribution is 5.43. The topological polar surface area (TPSA) is 87.3 Å². The highest BCUT2D eigenvalue weighted by atomic mass is 19.3. The molecule has 4 N–H and O–H groups in total. The van der Waals surface area contributed by atoms with E-state index in [4.69, 9.17) is 10.9 Å². The number of alkyl halides is 2. The first-order valence-electron chi connectivity index (χ1n) is 4.71. The first-order chi connectivity index (χ1) is 8.08. The first kappa shape index (κ1) is 13.5. The summed E-state index contributed by atoms with van der Waals surface area (Å²) in [6, 6.07) is 0. The van der Waals surface area contributed by atoms with Crippen LogP contribution in [0.1, 0.15) is 0 Å². The molecule has 0 aliphatic rings. The number of hydrogen-bond donors (Lipinski definition) is 3. The van der Waals surface area contributed by atoms with E-state index >= 15 is 0 Å². The predicted molar refractivity (Wildman–Crippen MR) is 55.1 cm³/mol. The summed E-state index contributed by atoms with van der Waals surface area (Å²) in [6.45, 7) is -1.30. The molecule has 1 aromatic rings. The van der Waals surface area contributed by atoms with Crippen molar-refractivity contribution < 1.29 is 18.3 Å². The summed E-state index contributed by atoms with van der Waals surface area (Å²) in [5.41, 5.74) is 2.08. The Morgan fingerprint density at radius 2 is 2.24 bits per heavy atom. The van der Waals surface area contributed by atoms with Crippen LogP contribution in [0.3, 0.4) is 0 Å². The molecule has 0 radical (unpaired) electrons. The minimum Gasteiger partial charge on any atom is -0.395 e. The molecule has 1 heterocycles. The molecule has 0 bridgehead atoms. The smallest absolute Gasteiger partial charge is 0.255 e. The Bertz CT molecular complexity index is 365. The molecule has 0 saturated heterocycles. The van der Waals surface area contributed by atoms with E-state index in [0.29, 0.717) is 0 Å². The van der Waals surface area contributed by atoms with E-state index in [9.17, 15) is 13.2 Å². The number of rotatable bonds is 6. The average molecular weight is 251 g/mol. The van der Waals surface area contributed by atoms with Gasteiger partial charge >= 0.3 is 0 Å². The number of nitrogen functional groups attached to an aromatic ring is 1. The summed E-state index contributed by atoms with van der Waals surface area (Å²) in [5, 5.41) is 8.74. The first-order valence-corrected chi connectivity index (χ1v) is 4.71. The van der Waals surface area contributed by atoms with Crippen LogP contribution in [-0.2, 0) is 0 Å². The molecule has 0 atom stereocenters. The Kier molecular flexibility index (Phi) is 4.91. The van der Waals surface area contributed by atoms with Gasteiger partial charge in [-0.3, -0.25) is 5.43 Å². The van der Waals surface area contributed by atoms with Crippen LogP contribution < -0.4 is 16.2 Å². The van der Waals surface area contributed by atoms with Crippen LogP contribution in [0, 0.1) is 5.82 Å². The Labute approximate surface area is 95.2 Å². The van der Waals surface area contributed by atoms with Crippen molar-refractivity contribution in [2.75, 3.05) is 30.0 Å². The van der Waals surface area contributed by atoms with E-state index in [1.807, 2.05) is 0 Å². The fraction of sp³-hybridized carbons (Fsp3) is 0.500. The molecule has 0 amide bonds. The lowest BCUT2D eigenvalue weighted by atomic mass is 10.4. The second-order valence-corrected chi connectivity index (χ2v) is 3.07. The van der Waals surface area contributed by atoms with Gasteiger partial charge in [0.15, 0.2) is 11.6 Å². The summed E-state index contributed by atoms with van der Waals surface area (Å²) in [6.07, 6.45) is -1.86. The third-order valence-electron chi connectivity index (χ3n) is 1.88. The van der Waals surface area contributed by atoms with E-state index in [0.717, 1.165) is 11.1 Å². The highest BCUT2D eigenvalue weighted by Crippen LogP contribution is 2.17. The van der Waals surface area contributed by atoms with Crippen molar-refractivity contribution in [1.29, 1.82) is 0 Å². The molecular weight excluding hydrogens is 239 g/mol. The third-order valence-corrected chi connectivity index (χ3v) is 1.88. The molecule has 1 aromatic heterocycles. The number of hydrogen-bond acceptors (Lipinski definition) is 6. The average Bonchev–Trinajstić information content (AvgIpc) is 2.28. The Morgan fingerprint density at radius 1 is 1.53 bits per heavy atom. The van der Waals surface area contributed by atoms with Crippen LogP contribution in [0.25, 0.3) is 0 Å². The van der Waals surface area contributed by atoms with Crippen molar-refractivity contribution in [2.24, 2.45) is 5.84 Å². The van der Waals surface area contributed by atoms with Crippen LogP contribution in [0.4, 0.5) is 24.9 Å². The van der Waals surface area contributed by atoms with Gasteiger partial charge in [-0.25, -0.2) is 24.0 Å². The van der Waals surface area contributed by atoms with Gasteiger partial charge in [-0.15, -0.1) is 0 Å². The van der Waals surface area contributed by atoms with Crippen molar-refractivity contribution in [3.8, 4) is 0 Å². The van der Waals surface area contributed by atoms with E-state index in [1.54, 1.807) is 0 Å². The number of aliphatic hydroxyl groups excluding tert-OH is 1. The summed E-state index contributed by atoms with van der Waals surface area (Å²) < 4.78 is 37.9. The minimum absolute atomic E-state index is 0.0985. The van der Waals surface area contributed by atoms with Crippen LogP contribution in [0.2, 0.25) is 0 Å². The standard InChI is InChI=1S/C8H12F3N5O/c9-5-3-13-8(15-12)14-7(5)16(1-2-17)4-6(10)11/h3,6,17H,1-2,4,12H2,(H,13,14,15).